The van der Waals surface area contributed by atoms with Crippen molar-refractivity contribution in [2.24, 2.45) is 0 Å². The lowest BCUT2D eigenvalue weighted by atomic mass is 10.2. The minimum absolute atomic E-state index is 0.230. The Hall–Kier alpha value is -1.70. The fraction of sp³-hybridized carbons (Fsp3) is 0.308. The summed E-state index contributed by atoms with van der Waals surface area (Å²) in [7, 11) is -3.30. The van der Waals surface area contributed by atoms with Crippen LogP contribution in [0.25, 0.3) is 5.69 Å². The Bertz CT molecular complexity index is 683. The number of benzene rings is 1. The molecule has 3 rings (SSSR count). The average molecular weight is 293 g/mol. The molecule has 0 aliphatic carbocycles. The van der Waals surface area contributed by atoms with Crippen LogP contribution in [0.15, 0.2) is 42.7 Å². The van der Waals surface area contributed by atoms with Crippen molar-refractivity contribution in [3.63, 3.8) is 0 Å². The maximum absolute atomic E-state index is 11.9. The van der Waals surface area contributed by atoms with E-state index in [0.717, 1.165) is 11.3 Å². The molecule has 0 unspecified atom stereocenters. The third-order valence-electron chi connectivity index (χ3n) is 3.15. The molecule has 0 radical (unpaired) electrons. The van der Waals surface area contributed by atoms with Crippen molar-refractivity contribution in [3.8, 4) is 5.69 Å². The molecule has 1 aromatic heterocycles. The summed E-state index contributed by atoms with van der Waals surface area (Å²) in [6, 6.07) is 9.54. The first kappa shape index (κ1) is 13.3. The van der Waals surface area contributed by atoms with Crippen LogP contribution < -0.4 is 0 Å². The lowest BCUT2D eigenvalue weighted by Gasteiger charge is -2.26. The Morgan fingerprint density at radius 1 is 1.30 bits per heavy atom. The second-order valence-corrected chi connectivity index (χ2v) is 6.51. The van der Waals surface area contributed by atoms with Gasteiger partial charge in [-0.15, -0.1) is 0 Å². The van der Waals surface area contributed by atoms with Gasteiger partial charge in [0.25, 0.3) is 0 Å². The Balaban J connectivity index is 1.83. The van der Waals surface area contributed by atoms with Gasteiger partial charge in [0.1, 0.15) is 0 Å². The number of sulfonamides is 1. The van der Waals surface area contributed by atoms with Crippen LogP contribution >= 0.6 is 0 Å². The van der Waals surface area contributed by atoms with E-state index in [0.29, 0.717) is 19.7 Å². The van der Waals surface area contributed by atoms with Gasteiger partial charge in [0.05, 0.1) is 12.3 Å². The fourth-order valence-corrected chi connectivity index (χ4v) is 3.32. The minimum Gasteiger partial charge on any atom is -0.363 e. The molecule has 0 saturated carbocycles. The van der Waals surface area contributed by atoms with Crippen LogP contribution in [0.5, 0.6) is 0 Å². The molecule has 106 valence electrons. The molecular weight excluding hydrogens is 278 g/mol. The van der Waals surface area contributed by atoms with Crippen LogP contribution in [0.1, 0.15) is 5.56 Å². The second-order valence-electron chi connectivity index (χ2n) is 4.59. The minimum atomic E-state index is -3.30. The topological polar surface area (TPSA) is 64.4 Å². The van der Waals surface area contributed by atoms with Crippen LogP contribution in [-0.4, -0.2) is 41.6 Å². The summed E-state index contributed by atoms with van der Waals surface area (Å²) in [6.45, 7) is 1.20. The molecule has 0 amide bonds. The van der Waals surface area contributed by atoms with Crippen LogP contribution in [0, 0.1) is 0 Å². The molecule has 1 fully saturated rings. The van der Waals surface area contributed by atoms with Gasteiger partial charge >= 0.3 is 0 Å². The largest absolute Gasteiger partial charge is 0.363 e. The summed E-state index contributed by atoms with van der Waals surface area (Å²) in [5, 5.41) is 4.17. The van der Waals surface area contributed by atoms with E-state index in [1.807, 2.05) is 36.5 Å². The highest BCUT2D eigenvalue weighted by Gasteiger charge is 2.26. The monoisotopic (exact) mass is 293 g/mol. The van der Waals surface area contributed by atoms with Gasteiger partial charge in [-0.25, -0.2) is 13.1 Å². The van der Waals surface area contributed by atoms with Crippen LogP contribution in [0.2, 0.25) is 0 Å². The van der Waals surface area contributed by atoms with Crippen molar-refractivity contribution in [1.82, 2.24) is 14.1 Å². The predicted molar refractivity (Wildman–Crippen MR) is 73.7 cm³/mol. The Morgan fingerprint density at radius 2 is 2.20 bits per heavy atom. The summed E-state index contributed by atoms with van der Waals surface area (Å²) in [5.41, 5.74) is 1.85. The zero-order valence-electron chi connectivity index (χ0n) is 10.8. The molecule has 1 aliphatic rings. The number of hydrogen-bond acceptors (Lipinski definition) is 4. The molecule has 7 heteroatoms. The van der Waals surface area contributed by atoms with Gasteiger partial charge in [0.15, 0.2) is 5.94 Å². The van der Waals surface area contributed by atoms with E-state index in [1.54, 1.807) is 10.9 Å². The quantitative estimate of drug-likeness (QED) is 0.846. The Kier molecular flexibility index (Phi) is 3.56. The highest BCUT2D eigenvalue weighted by atomic mass is 32.2. The van der Waals surface area contributed by atoms with E-state index >= 15 is 0 Å². The summed E-state index contributed by atoms with van der Waals surface area (Å²) in [6.07, 6.45) is 3.56. The van der Waals surface area contributed by atoms with Gasteiger partial charge in [-0.3, -0.25) is 0 Å². The number of nitrogens with zero attached hydrogens (tertiary/aromatic N) is 3. The zero-order valence-corrected chi connectivity index (χ0v) is 11.7. The van der Waals surface area contributed by atoms with Crippen molar-refractivity contribution in [3.05, 3.63) is 48.3 Å². The van der Waals surface area contributed by atoms with Crippen molar-refractivity contribution < 1.29 is 13.2 Å². The van der Waals surface area contributed by atoms with Crippen molar-refractivity contribution in [2.45, 2.75) is 6.54 Å². The normalized spacial score (nSPS) is 19.0. The molecule has 0 bridgehead atoms. The second kappa shape index (κ2) is 5.35. The van der Waals surface area contributed by atoms with Crippen LogP contribution in [0.3, 0.4) is 0 Å². The number of aromatic nitrogens is 2. The van der Waals surface area contributed by atoms with Gasteiger partial charge < -0.3 is 4.74 Å². The lowest BCUT2D eigenvalue weighted by Crippen LogP contribution is -2.40. The molecule has 2 aromatic rings. The molecule has 6 nitrogen and oxygen atoms in total. The molecule has 2 heterocycles. The SMILES string of the molecule is O=S1(=O)COCCN1Cc1cccc(-n2cccn2)c1. The fourth-order valence-electron chi connectivity index (χ4n) is 2.14. The Morgan fingerprint density at radius 3 is 2.95 bits per heavy atom. The summed E-state index contributed by atoms with van der Waals surface area (Å²) >= 11 is 0. The van der Waals surface area contributed by atoms with Crippen molar-refractivity contribution >= 4 is 10.0 Å². The van der Waals surface area contributed by atoms with E-state index in [1.165, 1.54) is 4.31 Å². The highest BCUT2D eigenvalue weighted by Crippen LogP contribution is 2.16. The van der Waals surface area contributed by atoms with E-state index in [-0.39, 0.29) is 5.94 Å². The van der Waals surface area contributed by atoms with E-state index in [4.69, 9.17) is 4.74 Å². The molecule has 20 heavy (non-hydrogen) atoms. The smallest absolute Gasteiger partial charge is 0.238 e. The standard InChI is InChI=1S/C13H15N3O3S/c17-20(18)11-19-8-7-15(20)10-12-3-1-4-13(9-12)16-6-2-5-14-16/h1-6,9H,7-8,10-11H2. The summed E-state index contributed by atoms with van der Waals surface area (Å²) < 4.78 is 32.0. The zero-order chi connectivity index (χ0) is 14.0. The van der Waals surface area contributed by atoms with Crippen molar-refractivity contribution in [1.29, 1.82) is 0 Å². The predicted octanol–water partition coefficient (Wildman–Crippen LogP) is 0.992. The first-order valence-electron chi connectivity index (χ1n) is 6.30. The molecule has 0 spiro atoms. The van der Waals surface area contributed by atoms with E-state index in [9.17, 15) is 8.42 Å². The molecule has 1 aliphatic heterocycles. The summed E-state index contributed by atoms with van der Waals surface area (Å²) in [4.78, 5) is 0. The first-order chi connectivity index (χ1) is 9.65. The van der Waals surface area contributed by atoms with E-state index < -0.39 is 10.0 Å². The van der Waals surface area contributed by atoms with Gasteiger partial charge in [0, 0.05) is 25.5 Å². The average Bonchev–Trinajstić information content (AvgIpc) is 2.96. The molecule has 0 atom stereocenters. The maximum atomic E-state index is 11.9. The molecule has 1 aromatic carbocycles. The first-order valence-corrected chi connectivity index (χ1v) is 7.91. The molecule has 0 N–H and O–H groups in total. The maximum Gasteiger partial charge on any atom is 0.238 e. The Labute approximate surface area is 117 Å². The van der Waals surface area contributed by atoms with Gasteiger partial charge in [-0.2, -0.15) is 9.40 Å². The summed E-state index contributed by atoms with van der Waals surface area (Å²) in [5.74, 6) is -0.230. The van der Waals surface area contributed by atoms with Gasteiger partial charge in [-0.05, 0) is 23.8 Å². The number of hydrogen-bond donors (Lipinski definition) is 0. The third-order valence-corrected chi connectivity index (χ3v) is 4.71. The highest BCUT2D eigenvalue weighted by molar-refractivity contribution is 7.88. The lowest BCUT2D eigenvalue weighted by molar-refractivity contribution is 0.130. The third kappa shape index (κ3) is 2.74. The number of ether oxygens (including phenoxy) is 1. The number of rotatable bonds is 3. The van der Waals surface area contributed by atoms with Crippen molar-refractivity contribution in [2.75, 3.05) is 19.1 Å². The van der Waals surface area contributed by atoms with Gasteiger partial charge in [-0.1, -0.05) is 12.1 Å². The van der Waals surface area contributed by atoms with Crippen LogP contribution in [-0.2, 0) is 21.3 Å². The van der Waals surface area contributed by atoms with Gasteiger partial charge in [0.2, 0.25) is 10.0 Å². The molecular formula is C13H15N3O3S. The van der Waals surface area contributed by atoms with Crippen LogP contribution in [0.4, 0.5) is 0 Å². The van der Waals surface area contributed by atoms with E-state index in [2.05, 4.69) is 5.10 Å². The molecule has 1 saturated heterocycles.